The predicted molar refractivity (Wildman–Crippen MR) is 57.3 cm³/mol. The van der Waals surface area contributed by atoms with Gasteiger partial charge >= 0.3 is 5.97 Å². The predicted octanol–water partition coefficient (Wildman–Crippen LogP) is -0.893. The van der Waals surface area contributed by atoms with Crippen molar-refractivity contribution >= 4 is 11.9 Å². The lowest BCUT2D eigenvalue weighted by molar-refractivity contribution is -0.124. The van der Waals surface area contributed by atoms with Gasteiger partial charge in [0.1, 0.15) is 11.9 Å². The molecule has 0 unspecified atom stereocenters. The molecule has 7 heteroatoms. The molecule has 90 valence electrons. The molecule has 0 atom stereocenters. The zero-order valence-electron chi connectivity index (χ0n) is 9.09. The molecule has 1 aromatic heterocycles. The number of hydrogen-bond acceptors (Lipinski definition) is 5. The molecule has 1 aliphatic heterocycles. The van der Waals surface area contributed by atoms with Crippen molar-refractivity contribution in [2.75, 3.05) is 19.6 Å². The Morgan fingerprint density at radius 2 is 2.41 bits per heavy atom. The van der Waals surface area contributed by atoms with Crippen LogP contribution in [0.1, 0.15) is 16.1 Å². The Balaban J connectivity index is 2.12. The maximum absolute atomic E-state index is 11.2. The molecule has 0 saturated carbocycles. The van der Waals surface area contributed by atoms with E-state index in [9.17, 15) is 9.59 Å². The Bertz CT molecular complexity index is 449. The smallest absolute Gasteiger partial charge is 0.339 e. The van der Waals surface area contributed by atoms with Crippen LogP contribution >= 0.6 is 0 Å². The van der Waals surface area contributed by atoms with E-state index in [4.69, 9.17) is 5.11 Å². The van der Waals surface area contributed by atoms with E-state index in [0.717, 1.165) is 0 Å². The number of nitrogens with zero attached hydrogens (tertiary/aromatic N) is 3. The molecule has 17 heavy (non-hydrogen) atoms. The van der Waals surface area contributed by atoms with Crippen molar-refractivity contribution in [3.05, 3.63) is 23.8 Å². The summed E-state index contributed by atoms with van der Waals surface area (Å²) in [5.41, 5.74) is 0.515. The number of rotatable bonds is 3. The molecule has 0 bridgehead atoms. The molecule has 1 aliphatic rings. The maximum atomic E-state index is 11.2. The normalized spacial score (nSPS) is 16.6. The molecule has 7 nitrogen and oxygen atoms in total. The van der Waals surface area contributed by atoms with Crippen LogP contribution in [0.25, 0.3) is 0 Å². The number of carboxylic acid groups (broad SMARTS) is 1. The summed E-state index contributed by atoms with van der Waals surface area (Å²) in [6, 6.07) is 0. The first kappa shape index (κ1) is 11.5. The minimum absolute atomic E-state index is 0.0535. The number of carbonyl (C=O) groups is 2. The molecule has 1 saturated heterocycles. The van der Waals surface area contributed by atoms with Crippen molar-refractivity contribution in [1.29, 1.82) is 0 Å². The molecule has 1 amide bonds. The highest BCUT2D eigenvalue weighted by atomic mass is 16.4. The van der Waals surface area contributed by atoms with Crippen molar-refractivity contribution in [1.82, 2.24) is 20.2 Å². The van der Waals surface area contributed by atoms with Gasteiger partial charge in [-0.05, 0) is 0 Å². The number of hydrogen-bond donors (Lipinski definition) is 2. The van der Waals surface area contributed by atoms with Crippen molar-refractivity contribution in [2.45, 2.75) is 6.54 Å². The Morgan fingerprint density at radius 3 is 3.12 bits per heavy atom. The van der Waals surface area contributed by atoms with Crippen LogP contribution < -0.4 is 5.32 Å². The van der Waals surface area contributed by atoms with E-state index in [1.54, 1.807) is 0 Å². The van der Waals surface area contributed by atoms with Crippen molar-refractivity contribution in [3.8, 4) is 0 Å². The summed E-state index contributed by atoms with van der Waals surface area (Å²) in [6.45, 7) is 1.88. The SMILES string of the molecule is O=C1CN(Cc2ncncc2C(=O)O)CCN1. The quantitative estimate of drug-likeness (QED) is 0.706. The van der Waals surface area contributed by atoms with Gasteiger partial charge in [-0.25, -0.2) is 14.8 Å². The van der Waals surface area contributed by atoms with Crippen LogP contribution in [0, 0.1) is 0 Å². The van der Waals surface area contributed by atoms with E-state index in [1.165, 1.54) is 12.5 Å². The van der Waals surface area contributed by atoms with Crippen LogP contribution in [-0.4, -0.2) is 51.5 Å². The van der Waals surface area contributed by atoms with Crippen molar-refractivity contribution < 1.29 is 14.7 Å². The number of piperazine rings is 1. The van der Waals surface area contributed by atoms with E-state index >= 15 is 0 Å². The van der Waals surface area contributed by atoms with Gasteiger partial charge in [-0.15, -0.1) is 0 Å². The molecule has 0 radical (unpaired) electrons. The lowest BCUT2D eigenvalue weighted by Crippen LogP contribution is -2.47. The molecule has 0 aliphatic carbocycles. The van der Waals surface area contributed by atoms with Gasteiger partial charge in [0, 0.05) is 25.8 Å². The molecule has 2 rings (SSSR count). The monoisotopic (exact) mass is 236 g/mol. The van der Waals surface area contributed by atoms with Gasteiger partial charge in [0.05, 0.1) is 12.2 Å². The zero-order valence-corrected chi connectivity index (χ0v) is 9.09. The van der Waals surface area contributed by atoms with Crippen LogP contribution in [0.5, 0.6) is 0 Å². The van der Waals surface area contributed by atoms with Crippen LogP contribution in [-0.2, 0) is 11.3 Å². The molecular formula is C10H12N4O3. The second kappa shape index (κ2) is 4.88. The minimum atomic E-state index is -1.05. The number of carboxylic acids is 1. The molecule has 2 heterocycles. The van der Waals surface area contributed by atoms with Gasteiger partial charge in [0.25, 0.3) is 0 Å². The average molecular weight is 236 g/mol. The summed E-state index contributed by atoms with van der Waals surface area (Å²) >= 11 is 0. The zero-order chi connectivity index (χ0) is 12.3. The summed E-state index contributed by atoms with van der Waals surface area (Å²) < 4.78 is 0. The summed E-state index contributed by atoms with van der Waals surface area (Å²) in [5, 5.41) is 11.7. The maximum Gasteiger partial charge on any atom is 0.339 e. The molecule has 1 aromatic rings. The van der Waals surface area contributed by atoms with Crippen molar-refractivity contribution in [2.24, 2.45) is 0 Å². The van der Waals surface area contributed by atoms with Gasteiger partial charge in [0.15, 0.2) is 0 Å². The highest BCUT2D eigenvalue weighted by molar-refractivity contribution is 5.88. The number of aromatic carboxylic acids is 1. The number of carbonyl (C=O) groups excluding carboxylic acids is 1. The highest BCUT2D eigenvalue weighted by Crippen LogP contribution is 2.08. The number of nitrogens with one attached hydrogen (secondary N) is 1. The fourth-order valence-corrected chi connectivity index (χ4v) is 1.70. The van der Waals surface area contributed by atoms with Crippen LogP contribution in [0.3, 0.4) is 0 Å². The fraction of sp³-hybridized carbons (Fsp3) is 0.400. The standard InChI is InChI=1S/C10H12N4O3/c15-9-5-14(2-1-12-9)4-8-7(10(16)17)3-11-6-13-8/h3,6H,1-2,4-5H2,(H,12,15)(H,16,17). The second-order valence-electron chi connectivity index (χ2n) is 3.75. The van der Waals surface area contributed by atoms with Gasteiger partial charge < -0.3 is 10.4 Å². The topological polar surface area (TPSA) is 95.4 Å². The summed E-state index contributed by atoms with van der Waals surface area (Å²) in [7, 11) is 0. The number of amides is 1. The minimum Gasteiger partial charge on any atom is -0.478 e. The van der Waals surface area contributed by atoms with E-state index in [1.807, 2.05) is 4.90 Å². The van der Waals surface area contributed by atoms with E-state index in [-0.39, 0.29) is 18.0 Å². The van der Waals surface area contributed by atoms with Gasteiger partial charge in [-0.2, -0.15) is 0 Å². The number of aromatic nitrogens is 2. The van der Waals surface area contributed by atoms with Gasteiger partial charge in [-0.1, -0.05) is 0 Å². The Morgan fingerprint density at radius 1 is 1.59 bits per heavy atom. The van der Waals surface area contributed by atoms with E-state index in [0.29, 0.717) is 25.3 Å². The fourth-order valence-electron chi connectivity index (χ4n) is 1.70. The first-order valence-corrected chi connectivity index (χ1v) is 5.18. The first-order valence-electron chi connectivity index (χ1n) is 5.18. The van der Waals surface area contributed by atoms with E-state index < -0.39 is 5.97 Å². The third kappa shape index (κ3) is 2.76. The van der Waals surface area contributed by atoms with Crippen LogP contribution in [0.2, 0.25) is 0 Å². The molecular weight excluding hydrogens is 224 g/mol. The third-order valence-electron chi connectivity index (χ3n) is 2.52. The summed E-state index contributed by atoms with van der Waals surface area (Å²) in [4.78, 5) is 31.6. The summed E-state index contributed by atoms with van der Waals surface area (Å²) in [6.07, 6.45) is 2.58. The van der Waals surface area contributed by atoms with E-state index in [2.05, 4.69) is 15.3 Å². The highest BCUT2D eigenvalue weighted by Gasteiger charge is 2.19. The first-order chi connectivity index (χ1) is 8.16. The van der Waals surface area contributed by atoms with Crippen LogP contribution in [0.4, 0.5) is 0 Å². The Hall–Kier alpha value is -2.02. The van der Waals surface area contributed by atoms with Gasteiger partial charge in [-0.3, -0.25) is 9.69 Å². The largest absolute Gasteiger partial charge is 0.478 e. The molecule has 1 fully saturated rings. The van der Waals surface area contributed by atoms with Gasteiger partial charge in [0.2, 0.25) is 5.91 Å². The van der Waals surface area contributed by atoms with Crippen LogP contribution in [0.15, 0.2) is 12.5 Å². The molecule has 2 N–H and O–H groups in total. The summed E-state index contributed by atoms with van der Waals surface area (Å²) in [5.74, 6) is -1.11. The lowest BCUT2D eigenvalue weighted by atomic mass is 10.2. The Kier molecular flexibility index (Phi) is 3.29. The Labute approximate surface area is 97.5 Å². The lowest BCUT2D eigenvalue weighted by Gasteiger charge is -2.26. The van der Waals surface area contributed by atoms with Crippen molar-refractivity contribution in [3.63, 3.8) is 0 Å². The molecule has 0 aromatic carbocycles. The molecule has 0 spiro atoms. The second-order valence-corrected chi connectivity index (χ2v) is 3.75. The average Bonchev–Trinajstić information content (AvgIpc) is 2.29. The third-order valence-corrected chi connectivity index (χ3v) is 2.52.